The molecule has 0 aliphatic rings. The molecule has 0 unspecified atom stereocenters. The smallest absolute Gasteiger partial charge is 0.273 e. The van der Waals surface area contributed by atoms with Crippen LogP contribution < -0.4 is 5.32 Å². The highest BCUT2D eigenvalue weighted by atomic mass is 16.3. The molecule has 2 amide bonds. The summed E-state index contributed by atoms with van der Waals surface area (Å²) >= 11 is 0. The first-order valence-corrected chi connectivity index (χ1v) is 8.97. The third kappa shape index (κ3) is 5.98. The highest BCUT2D eigenvalue weighted by Gasteiger charge is 2.22. The average molecular weight is 337 g/mol. The number of hydrogen-bond acceptors (Lipinski definition) is 4. The summed E-state index contributed by atoms with van der Waals surface area (Å²) in [6.45, 7) is 10.4. The van der Waals surface area contributed by atoms with Gasteiger partial charge in [-0.2, -0.15) is 0 Å². The van der Waals surface area contributed by atoms with E-state index in [2.05, 4.69) is 17.2 Å². The van der Waals surface area contributed by atoms with E-state index >= 15 is 0 Å². The Morgan fingerprint density at radius 3 is 2.54 bits per heavy atom. The largest absolute Gasteiger partial charge is 0.446 e. The van der Waals surface area contributed by atoms with Crippen LogP contribution in [0.5, 0.6) is 0 Å². The van der Waals surface area contributed by atoms with Crippen LogP contribution in [0.1, 0.15) is 83.1 Å². The molecule has 136 valence electrons. The quantitative estimate of drug-likeness (QED) is 0.709. The molecule has 24 heavy (non-hydrogen) atoms. The van der Waals surface area contributed by atoms with Gasteiger partial charge in [0.15, 0.2) is 5.69 Å². The third-order valence-corrected chi connectivity index (χ3v) is 4.27. The van der Waals surface area contributed by atoms with Crippen LogP contribution in [0.2, 0.25) is 0 Å². The molecule has 0 saturated carbocycles. The number of hydrogen-bond donors (Lipinski definition) is 1. The number of nitrogens with zero attached hydrogens (tertiary/aromatic N) is 2. The van der Waals surface area contributed by atoms with Gasteiger partial charge in [0.2, 0.25) is 11.8 Å². The molecule has 0 aliphatic heterocycles. The molecule has 1 heterocycles. The van der Waals surface area contributed by atoms with Gasteiger partial charge in [-0.25, -0.2) is 4.98 Å². The topological polar surface area (TPSA) is 75.4 Å². The first-order chi connectivity index (χ1) is 11.4. The standard InChI is InChI=1S/C18H31N3O3/c1-6-9-10-17(22)21(14(5)8-3)11-16-20-15(12-24-16)18(23)19-13(4)7-2/h12-14H,6-11H2,1-5H3,(H,19,23)/t13-,14-/m1/s1. The average Bonchev–Trinajstić information content (AvgIpc) is 3.05. The molecule has 1 N–H and O–H groups in total. The van der Waals surface area contributed by atoms with Gasteiger partial charge in [-0.15, -0.1) is 0 Å². The lowest BCUT2D eigenvalue weighted by Crippen LogP contribution is -2.37. The first kappa shape index (κ1) is 20.2. The van der Waals surface area contributed by atoms with Crippen molar-refractivity contribution in [3.05, 3.63) is 17.8 Å². The van der Waals surface area contributed by atoms with Gasteiger partial charge in [0.25, 0.3) is 5.91 Å². The van der Waals surface area contributed by atoms with Gasteiger partial charge in [-0.05, 0) is 33.1 Å². The minimum absolute atomic E-state index is 0.0879. The molecule has 1 aromatic heterocycles. The highest BCUT2D eigenvalue weighted by Crippen LogP contribution is 2.14. The Kier molecular flexibility index (Phi) is 8.50. The molecule has 0 saturated heterocycles. The fraction of sp³-hybridized carbons (Fsp3) is 0.722. The Hall–Kier alpha value is -1.85. The number of amides is 2. The van der Waals surface area contributed by atoms with Crippen LogP contribution in [0.15, 0.2) is 10.7 Å². The number of oxazole rings is 1. The summed E-state index contributed by atoms with van der Waals surface area (Å²) in [5, 5.41) is 2.86. The molecule has 0 spiro atoms. The molecule has 6 nitrogen and oxygen atoms in total. The van der Waals surface area contributed by atoms with Gasteiger partial charge in [-0.3, -0.25) is 9.59 Å². The molecular weight excluding hydrogens is 306 g/mol. The molecule has 1 aromatic rings. The molecule has 1 rings (SSSR count). The van der Waals surface area contributed by atoms with E-state index < -0.39 is 0 Å². The van der Waals surface area contributed by atoms with E-state index in [0.717, 1.165) is 25.7 Å². The van der Waals surface area contributed by atoms with Crippen LogP contribution in [0.4, 0.5) is 0 Å². The number of rotatable bonds is 10. The summed E-state index contributed by atoms with van der Waals surface area (Å²) in [6.07, 6.45) is 5.46. The maximum atomic E-state index is 12.4. The van der Waals surface area contributed by atoms with E-state index in [1.54, 1.807) is 4.90 Å². The number of carbonyl (C=O) groups excluding carboxylic acids is 2. The zero-order chi connectivity index (χ0) is 18.1. The Morgan fingerprint density at radius 2 is 1.96 bits per heavy atom. The second kappa shape index (κ2) is 10.1. The fourth-order valence-corrected chi connectivity index (χ4v) is 2.22. The van der Waals surface area contributed by atoms with Gasteiger partial charge in [0.1, 0.15) is 6.26 Å². The lowest BCUT2D eigenvalue weighted by molar-refractivity contribution is -0.134. The molecule has 2 atom stereocenters. The SMILES string of the molecule is CCCCC(=O)N(Cc1nc(C(=O)N[C@H](C)CC)co1)[C@H](C)CC. The Labute approximate surface area is 145 Å². The lowest BCUT2D eigenvalue weighted by Gasteiger charge is -2.27. The minimum atomic E-state index is -0.244. The van der Waals surface area contributed by atoms with Gasteiger partial charge < -0.3 is 14.6 Å². The van der Waals surface area contributed by atoms with Gasteiger partial charge in [0.05, 0.1) is 6.54 Å². The second-order valence-corrected chi connectivity index (χ2v) is 6.29. The highest BCUT2D eigenvalue weighted by molar-refractivity contribution is 5.92. The van der Waals surface area contributed by atoms with E-state index in [0.29, 0.717) is 18.9 Å². The van der Waals surface area contributed by atoms with Crippen molar-refractivity contribution in [2.75, 3.05) is 0 Å². The summed E-state index contributed by atoms with van der Waals surface area (Å²) in [4.78, 5) is 30.5. The number of aromatic nitrogens is 1. The van der Waals surface area contributed by atoms with Crippen molar-refractivity contribution in [1.29, 1.82) is 0 Å². The van der Waals surface area contributed by atoms with Crippen LogP contribution in [-0.2, 0) is 11.3 Å². The first-order valence-electron chi connectivity index (χ1n) is 8.97. The molecule has 0 radical (unpaired) electrons. The number of unbranched alkanes of at least 4 members (excludes halogenated alkanes) is 1. The van der Waals surface area contributed by atoms with E-state index in [1.807, 2.05) is 27.7 Å². The normalized spacial score (nSPS) is 13.4. The van der Waals surface area contributed by atoms with Crippen LogP contribution >= 0.6 is 0 Å². The van der Waals surface area contributed by atoms with E-state index in [4.69, 9.17) is 4.42 Å². The van der Waals surface area contributed by atoms with Crippen molar-refractivity contribution in [2.45, 2.75) is 85.4 Å². The summed E-state index contributed by atoms with van der Waals surface area (Å²) in [5.41, 5.74) is 0.260. The van der Waals surface area contributed by atoms with E-state index in [9.17, 15) is 9.59 Å². The Morgan fingerprint density at radius 1 is 1.25 bits per heavy atom. The summed E-state index contributed by atoms with van der Waals surface area (Å²) < 4.78 is 5.41. The van der Waals surface area contributed by atoms with Crippen molar-refractivity contribution >= 4 is 11.8 Å². The molecular formula is C18H31N3O3. The fourth-order valence-electron chi connectivity index (χ4n) is 2.22. The molecule has 0 aromatic carbocycles. The van der Waals surface area contributed by atoms with E-state index in [-0.39, 0.29) is 29.6 Å². The Balaban J connectivity index is 2.77. The molecule has 0 fully saturated rings. The maximum absolute atomic E-state index is 12.4. The van der Waals surface area contributed by atoms with Gasteiger partial charge in [0, 0.05) is 18.5 Å². The van der Waals surface area contributed by atoms with Crippen molar-refractivity contribution in [3.63, 3.8) is 0 Å². The van der Waals surface area contributed by atoms with E-state index in [1.165, 1.54) is 6.26 Å². The number of nitrogens with one attached hydrogen (secondary N) is 1. The maximum Gasteiger partial charge on any atom is 0.273 e. The molecule has 6 heteroatoms. The van der Waals surface area contributed by atoms with Crippen LogP contribution in [-0.4, -0.2) is 33.8 Å². The Bertz CT molecular complexity index is 527. The zero-order valence-electron chi connectivity index (χ0n) is 15.6. The molecule has 0 aliphatic carbocycles. The minimum Gasteiger partial charge on any atom is -0.446 e. The van der Waals surface area contributed by atoms with Gasteiger partial charge >= 0.3 is 0 Å². The van der Waals surface area contributed by atoms with Crippen LogP contribution in [0.25, 0.3) is 0 Å². The van der Waals surface area contributed by atoms with Crippen LogP contribution in [0.3, 0.4) is 0 Å². The molecule has 0 bridgehead atoms. The number of carbonyl (C=O) groups is 2. The van der Waals surface area contributed by atoms with Gasteiger partial charge in [-0.1, -0.05) is 27.2 Å². The monoisotopic (exact) mass is 337 g/mol. The third-order valence-electron chi connectivity index (χ3n) is 4.27. The summed E-state index contributed by atoms with van der Waals surface area (Å²) in [7, 11) is 0. The summed E-state index contributed by atoms with van der Waals surface area (Å²) in [5.74, 6) is 0.260. The zero-order valence-corrected chi connectivity index (χ0v) is 15.6. The van der Waals surface area contributed by atoms with Crippen molar-refractivity contribution < 1.29 is 14.0 Å². The lowest BCUT2D eigenvalue weighted by atomic mass is 10.1. The summed E-state index contributed by atoms with van der Waals surface area (Å²) in [6, 6.07) is 0.198. The van der Waals surface area contributed by atoms with Crippen molar-refractivity contribution in [2.24, 2.45) is 0 Å². The van der Waals surface area contributed by atoms with Crippen molar-refractivity contribution in [1.82, 2.24) is 15.2 Å². The van der Waals surface area contributed by atoms with Crippen molar-refractivity contribution in [3.8, 4) is 0 Å². The second-order valence-electron chi connectivity index (χ2n) is 6.29. The predicted octanol–water partition coefficient (Wildman–Crippen LogP) is 3.52. The van der Waals surface area contributed by atoms with Crippen LogP contribution in [0, 0.1) is 0 Å². The predicted molar refractivity (Wildman–Crippen MR) is 93.6 cm³/mol.